The monoisotopic (exact) mass is 343 g/mol. The minimum atomic E-state index is 0.205. The standard InChI is InChI=1S/C17H18BrN3/c1-10-5-6-11(2)14(9-10)12(3)21-13(4)19-15-7-8-16(18)20-17(15)21/h5-9,12H,1-4H3. The van der Waals surface area contributed by atoms with Crippen molar-refractivity contribution < 1.29 is 0 Å². The number of benzene rings is 1. The number of fused-ring (bicyclic) bond motifs is 1. The molecular weight excluding hydrogens is 326 g/mol. The van der Waals surface area contributed by atoms with Crippen LogP contribution < -0.4 is 0 Å². The summed E-state index contributed by atoms with van der Waals surface area (Å²) in [6.45, 7) is 8.53. The van der Waals surface area contributed by atoms with E-state index in [4.69, 9.17) is 0 Å². The number of halogens is 1. The van der Waals surface area contributed by atoms with E-state index in [1.54, 1.807) is 0 Å². The second-order valence-corrected chi connectivity index (χ2v) is 6.35. The Labute approximate surface area is 133 Å². The molecule has 0 aliphatic rings. The van der Waals surface area contributed by atoms with E-state index in [1.165, 1.54) is 16.7 Å². The molecule has 21 heavy (non-hydrogen) atoms. The Bertz CT molecular complexity index is 820. The van der Waals surface area contributed by atoms with Crippen LogP contribution in [0.4, 0.5) is 0 Å². The highest BCUT2D eigenvalue weighted by Gasteiger charge is 2.17. The van der Waals surface area contributed by atoms with E-state index in [9.17, 15) is 0 Å². The third kappa shape index (κ3) is 2.48. The first kappa shape index (κ1) is 14.3. The fourth-order valence-electron chi connectivity index (χ4n) is 2.88. The van der Waals surface area contributed by atoms with Gasteiger partial charge in [0.15, 0.2) is 5.65 Å². The van der Waals surface area contributed by atoms with Gasteiger partial charge in [-0.1, -0.05) is 23.8 Å². The van der Waals surface area contributed by atoms with Gasteiger partial charge in [-0.05, 0) is 66.9 Å². The number of imidazole rings is 1. The molecule has 0 spiro atoms. The lowest BCUT2D eigenvalue weighted by Crippen LogP contribution is -2.11. The van der Waals surface area contributed by atoms with Gasteiger partial charge in [-0.25, -0.2) is 9.97 Å². The molecule has 4 heteroatoms. The van der Waals surface area contributed by atoms with Crippen LogP contribution >= 0.6 is 15.9 Å². The first-order valence-electron chi connectivity index (χ1n) is 7.05. The lowest BCUT2D eigenvalue weighted by Gasteiger charge is -2.19. The lowest BCUT2D eigenvalue weighted by molar-refractivity contribution is 0.628. The average Bonchev–Trinajstić information content (AvgIpc) is 2.76. The SMILES string of the molecule is Cc1ccc(C)c(C(C)n2c(C)nc3ccc(Br)nc32)c1. The van der Waals surface area contributed by atoms with Crippen LogP contribution in [-0.4, -0.2) is 14.5 Å². The molecular formula is C17H18BrN3. The van der Waals surface area contributed by atoms with Crippen molar-refractivity contribution in [2.24, 2.45) is 0 Å². The Hall–Kier alpha value is -1.68. The van der Waals surface area contributed by atoms with Crippen molar-refractivity contribution in [2.75, 3.05) is 0 Å². The van der Waals surface area contributed by atoms with Crippen molar-refractivity contribution >= 4 is 27.1 Å². The molecule has 0 saturated heterocycles. The summed E-state index contributed by atoms with van der Waals surface area (Å²) in [7, 11) is 0. The molecule has 0 radical (unpaired) electrons. The van der Waals surface area contributed by atoms with Gasteiger partial charge in [0.1, 0.15) is 15.9 Å². The molecule has 0 fully saturated rings. The van der Waals surface area contributed by atoms with E-state index in [0.717, 1.165) is 21.6 Å². The van der Waals surface area contributed by atoms with Gasteiger partial charge in [0.2, 0.25) is 0 Å². The number of aromatic nitrogens is 3. The maximum Gasteiger partial charge on any atom is 0.161 e. The summed E-state index contributed by atoms with van der Waals surface area (Å²) in [5, 5.41) is 0. The first-order chi connectivity index (χ1) is 9.97. The van der Waals surface area contributed by atoms with Gasteiger partial charge in [-0.3, -0.25) is 0 Å². The molecule has 1 aromatic carbocycles. The summed E-state index contributed by atoms with van der Waals surface area (Å²) in [6.07, 6.45) is 0. The summed E-state index contributed by atoms with van der Waals surface area (Å²) >= 11 is 3.46. The zero-order chi connectivity index (χ0) is 15.1. The Balaban J connectivity index is 2.21. The van der Waals surface area contributed by atoms with Gasteiger partial charge in [0.25, 0.3) is 0 Å². The van der Waals surface area contributed by atoms with Crippen molar-refractivity contribution in [1.29, 1.82) is 0 Å². The Kier molecular flexibility index (Phi) is 3.57. The van der Waals surface area contributed by atoms with E-state index in [0.29, 0.717) is 0 Å². The zero-order valence-electron chi connectivity index (χ0n) is 12.7. The molecule has 108 valence electrons. The third-order valence-corrected chi connectivity index (χ3v) is 4.39. The van der Waals surface area contributed by atoms with Crippen molar-refractivity contribution in [3.63, 3.8) is 0 Å². The molecule has 3 rings (SSSR count). The van der Waals surface area contributed by atoms with Crippen molar-refractivity contribution in [3.05, 3.63) is 57.4 Å². The van der Waals surface area contributed by atoms with Crippen LogP contribution in [0.25, 0.3) is 11.2 Å². The minimum Gasteiger partial charge on any atom is -0.306 e. The van der Waals surface area contributed by atoms with Crippen LogP contribution in [0.2, 0.25) is 0 Å². The van der Waals surface area contributed by atoms with Crippen LogP contribution in [0.1, 0.15) is 35.5 Å². The summed E-state index contributed by atoms with van der Waals surface area (Å²) in [4.78, 5) is 9.24. The van der Waals surface area contributed by atoms with Crippen LogP contribution in [0.15, 0.2) is 34.9 Å². The number of hydrogen-bond acceptors (Lipinski definition) is 2. The van der Waals surface area contributed by atoms with E-state index in [2.05, 4.69) is 69.4 Å². The van der Waals surface area contributed by atoms with Gasteiger partial charge in [0.05, 0.1) is 6.04 Å². The molecule has 0 aliphatic carbocycles. The van der Waals surface area contributed by atoms with Gasteiger partial charge < -0.3 is 4.57 Å². The fourth-order valence-corrected chi connectivity index (χ4v) is 3.18. The Morgan fingerprint density at radius 3 is 2.57 bits per heavy atom. The normalized spacial score (nSPS) is 12.8. The first-order valence-corrected chi connectivity index (χ1v) is 7.85. The summed E-state index contributed by atoms with van der Waals surface area (Å²) < 4.78 is 3.05. The number of pyridine rings is 1. The molecule has 3 nitrogen and oxygen atoms in total. The molecule has 0 bridgehead atoms. The minimum absolute atomic E-state index is 0.205. The molecule has 3 aromatic rings. The van der Waals surface area contributed by atoms with Crippen molar-refractivity contribution in [1.82, 2.24) is 14.5 Å². The van der Waals surface area contributed by atoms with E-state index < -0.39 is 0 Å². The Morgan fingerprint density at radius 1 is 1.05 bits per heavy atom. The fraction of sp³-hybridized carbons (Fsp3) is 0.294. The van der Waals surface area contributed by atoms with E-state index in [-0.39, 0.29) is 6.04 Å². The highest BCUT2D eigenvalue weighted by molar-refractivity contribution is 9.10. The maximum atomic E-state index is 4.63. The third-order valence-electron chi connectivity index (χ3n) is 3.95. The molecule has 1 unspecified atom stereocenters. The van der Waals surface area contributed by atoms with Crippen LogP contribution in [0.3, 0.4) is 0 Å². The van der Waals surface area contributed by atoms with Crippen LogP contribution in [0, 0.1) is 20.8 Å². The highest BCUT2D eigenvalue weighted by Crippen LogP contribution is 2.28. The van der Waals surface area contributed by atoms with Crippen LogP contribution in [-0.2, 0) is 0 Å². The molecule has 1 atom stereocenters. The summed E-state index contributed by atoms with van der Waals surface area (Å²) in [6, 6.07) is 10.7. The van der Waals surface area contributed by atoms with Gasteiger partial charge in [0, 0.05) is 0 Å². The van der Waals surface area contributed by atoms with Gasteiger partial charge in [-0.15, -0.1) is 0 Å². The molecule has 0 N–H and O–H groups in total. The average molecular weight is 344 g/mol. The summed E-state index contributed by atoms with van der Waals surface area (Å²) in [5.41, 5.74) is 5.75. The molecule has 0 saturated carbocycles. The highest BCUT2D eigenvalue weighted by atomic mass is 79.9. The van der Waals surface area contributed by atoms with Gasteiger partial charge >= 0.3 is 0 Å². The summed E-state index contributed by atoms with van der Waals surface area (Å²) in [5.74, 6) is 0.990. The topological polar surface area (TPSA) is 30.7 Å². The van der Waals surface area contributed by atoms with Gasteiger partial charge in [-0.2, -0.15) is 0 Å². The second kappa shape index (κ2) is 5.26. The lowest BCUT2D eigenvalue weighted by atomic mass is 10.00. The largest absolute Gasteiger partial charge is 0.306 e. The number of nitrogens with zero attached hydrogens (tertiary/aromatic N) is 3. The second-order valence-electron chi connectivity index (χ2n) is 5.54. The molecule has 0 aliphatic heterocycles. The number of aryl methyl sites for hydroxylation is 3. The molecule has 2 heterocycles. The van der Waals surface area contributed by atoms with E-state index >= 15 is 0 Å². The Morgan fingerprint density at radius 2 is 1.81 bits per heavy atom. The maximum absolute atomic E-state index is 4.63. The van der Waals surface area contributed by atoms with Crippen molar-refractivity contribution in [3.8, 4) is 0 Å². The predicted molar refractivity (Wildman–Crippen MR) is 89.7 cm³/mol. The molecule has 0 amide bonds. The number of rotatable bonds is 2. The van der Waals surface area contributed by atoms with E-state index in [1.807, 2.05) is 19.1 Å². The smallest absolute Gasteiger partial charge is 0.161 e. The zero-order valence-corrected chi connectivity index (χ0v) is 14.3. The van der Waals surface area contributed by atoms with Crippen LogP contribution in [0.5, 0.6) is 0 Å². The molecule has 2 aromatic heterocycles. The predicted octanol–water partition coefficient (Wildman–Crippen LogP) is 4.73. The number of hydrogen-bond donors (Lipinski definition) is 0. The quantitative estimate of drug-likeness (QED) is 0.630. The van der Waals surface area contributed by atoms with Crippen molar-refractivity contribution in [2.45, 2.75) is 33.7 Å².